The first-order valence-electron chi connectivity index (χ1n) is 14.0. The Bertz CT molecular complexity index is 2250. The summed E-state index contributed by atoms with van der Waals surface area (Å²) >= 11 is 0. The van der Waals surface area contributed by atoms with Crippen molar-refractivity contribution in [3.63, 3.8) is 0 Å². The summed E-state index contributed by atoms with van der Waals surface area (Å²) in [6.45, 7) is 2.32. The molecular weight excluding hydrogens is 486 g/mol. The Morgan fingerprint density at radius 2 is 1.35 bits per heavy atom. The van der Waals surface area contributed by atoms with Crippen LogP contribution in [0.3, 0.4) is 0 Å². The molecule has 2 aromatic heterocycles. The predicted molar refractivity (Wildman–Crippen MR) is 167 cm³/mol. The lowest BCUT2D eigenvalue weighted by atomic mass is 9.84. The molecule has 40 heavy (non-hydrogen) atoms. The van der Waals surface area contributed by atoms with Crippen LogP contribution in [-0.2, 0) is 0 Å². The molecule has 0 N–H and O–H groups in total. The lowest BCUT2D eigenvalue weighted by Gasteiger charge is -2.21. The van der Waals surface area contributed by atoms with Crippen molar-refractivity contribution in [1.82, 2.24) is 14.5 Å². The second kappa shape index (κ2) is 8.00. The molecule has 0 saturated heterocycles. The van der Waals surface area contributed by atoms with Gasteiger partial charge in [-0.15, -0.1) is 0 Å². The van der Waals surface area contributed by atoms with Crippen molar-refractivity contribution in [1.29, 1.82) is 0 Å². The number of benzene rings is 5. The van der Waals surface area contributed by atoms with Gasteiger partial charge in [-0.3, -0.25) is 4.57 Å². The summed E-state index contributed by atoms with van der Waals surface area (Å²) in [7, 11) is 0. The van der Waals surface area contributed by atoms with E-state index >= 15 is 0 Å². The van der Waals surface area contributed by atoms with Gasteiger partial charge in [0.05, 0.1) is 22.1 Å². The Morgan fingerprint density at radius 3 is 2.20 bits per heavy atom. The van der Waals surface area contributed by atoms with E-state index in [9.17, 15) is 0 Å². The molecule has 5 aromatic carbocycles. The van der Waals surface area contributed by atoms with E-state index in [-0.39, 0.29) is 0 Å². The van der Waals surface area contributed by atoms with Gasteiger partial charge in [0, 0.05) is 16.3 Å². The molecule has 2 aliphatic carbocycles. The topological polar surface area (TPSA) is 30.7 Å². The normalized spacial score (nSPS) is 16.1. The summed E-state index contributed by atoms with van der Waals surface area (Å²) in [6.07, 6.45) is 6.00. The number of hydrogen-bond donors (Lipinski definition) is 0. The lowest BCUT2D eigenvalue weighted by Crippen LogP contribution is -2.04. The summed E-state index contributed by atoms with van der Waals surface area (Å²) in [5.74, 6) is 1.37. The molecule has 3 heteroatoms. The summed E-state index contributed by atoms with van der Waals surface area (Å²) in [5.41, 5.74) is 11.4. The van der Waals surface area contributed by atoms with Gasteiger partial charge in [0.15, 0.2) is 5.82 Å². The molecule has 0 saturated carbocycles. The Balaban J connectivity index is 1.51. The molecule has 3 nitrogen and oxygen atoms in total. The smallest absolute Gasteiger partial charge is 0.165 e. The average Bonchev–Trinajstić information content (AvgIpc) is 3.29. The number of fused-ring (bicyclic) bond motifs is 4. The molecule has 0 radical (unpaired) electrons. The highest BCUT2D eigenvalue weighted by atomic mass is 15.1. The first-order valence-corrected chi connectivity index (χ1v) is 14.0. The molecule has 7 aromatic rings. The van der Waals surface area contributed by atoms with E-state index in [0.29, 0.717) is 5.92 Å². The van der Waals surface area contributed by atoms with E-state index in [1.165, 1.54) is 43.8 Å². The maximum atomic E-state index is 5.31. The zero-order chi connectivity index (χ0) is 26.4. The van der Waals surface area contributed by atoms with Crippen LogP contribution in [0.2, 0.25) is 0 Å². The Kier molecular flexibility index (Phi) is 4.37. The lowest BCUT2D eigenvalue weighted by molar-refractivity contribution is 0.742. The fourth-order valence-electron chi connectivity index (χ4n) is 6.89. The van der Waals surface area contributed by atoms with E-state index in [1.807, 2.05) is 24.3 Å². The van der Waals surface area contributed by atoms with Crippen molar-refractivity contribution in [3.05, 3.63) is 126 Å². The number of allylic oxidation sites excluding steroid dienone is 4. The van der Waals surface area contributed by atoms with E-state index in [4.69, 9.17) is 9.97 Å². The Morgan fingerprint density at radius 1 is 0.625 bits per heavy atom. The minimum Gasteiger partial charge on any atom is -0.292 e. The molecule has 9 rings (SSSR count). The highest BCUT2D eigenvalue weighted by Crippen LogP contribution is 2.50. The fraction of sp³-hybridized carbons (Fsp3) is 0.0811. The fourth-order valence-corrected chi connectivity index (χ4v) is 6.89. The number of nitrogens with zero attached hydrogens (tertiary/aromatic N) is 3. The zero-order valence-electron chi connectivity index (χ0n) is 22.1. The molecule has 1 unspecified atom stereocenters. The summed E-state index contributed by atoms with van der Waals surface area (Å²) in [6, 6.07) is 36.7. The van der Waals surface area contributed by atoms with Crippen molar-refractivity contribution >= 4 is 54.8 Å². The van der Waals surface area contributed by atoms with Crippen LogP contribution >= 0.6 is 0 Å². The maximum absolute atomic E-state index is 5.31. The molecule has 1 atom stereocenters. The van der Waals surface area contributed by atoms with Crippen LogP contribution in [0.5, 0.6) is 0 Å². The van der Waals surface area contributed by atoms with E-state index in [0.717, 1.165) is 45.6 Å². The van der Waals surface area contributed by atoms with Gasteiger partial charge in [-0.25, -0.2) is 9.97 Å². The third kappa shape index (κ3) is 2.89. The molecule has 0 amide bonds. The van der Waals surface area contributed by atoms with E-state index in [1.54, 1.807) is 0 Å². The van der Waals surface area contributed by atoms with Crippen molar-refractivity contribution < 1.29 is 0 Å². The minimum absolute atomic E-state index is 0.503. The average molecular weight is 512 g/mol. The molecule has 0 spiro atoms. The first kappa shape index (κ1) is 21.9. The number of rotatable bonds is 2. The van der Waals surface area contributed by atoms with Crippen LogP contribution < -0.4 is 0 Å². The van der Waals surface area contributed by atoms with Gasteiger partial charge in [0.1, 0.15) is 5.69 Å². The summed E-state index contributed by atoms with van der Waals surface area (Å²) in [5, 5.41) is 5.20. The molecule has 188 valence electrons. The maximum Gasteiger partial charge on any atom is 0.165 e. The largest absolute Gasteiger partial charge is 0.292 e. The third-order valence-corrected chi connectivity index (χ3v) is 8.62. The molecule has 0 fully saturated rings. The highest BCUT2D eigenvalue weighted by molar-refractivity contribution is 6.32. The van der Waals surface area contributed by atoms with Gasteiger partial charge in [0.2, 0.25) is 0 Å². The van der Waals surface area contributed by atoms with Gasteiger partial charge in [0.25, 0.3) is 0 Å². The molecule has 0 bridgehead atoms. The van der Waals surface area contributed by atoms with E-state index in [2.05, 4.69) is 103 Å². The second-order valence-electron chi connectivity index (χ2n) is 11.1. The number of hydrogen-bond acceptors (Lipinski definition) is 2. The van der Waals surface area contributed by atoms with Crippen molar-refractivity contribution in [3.8, 4) is 17.1 Å². The Hall–Kier alpha value is -5.02. The zero-order valence-corrected chi connectivity index (χ0v) is 22.1. The molecule has 0 aliphatic heterocycles. The predicted octanol–water partition coefficient (Wildman–Crippen LogP) is 9.37. The monoisotopic (exact) mass is 511 g/mol. The van der Waals surface area contributed by atoms with Crippen LogP contribution in [0.1, 0.15) is 24.5 Å². The van der Waals surface area contributed by atoms with Crippen LogP contribution in [-0.4, -0.2) is 14.5 Å². The summed E-state index contributed by atoms with van der Waals surface area (Å²) < 4.78 is 2.35. The van der Waals surface area contributed by atoms with Gasteiger partial charge in [-0.2, -0.15) is 0 Å². The van der Waals surface area contributed by atoms with Crippen LogP contribution in [0.4, 0.5) is 0 Å². The molecule has 2 heterocycles. The Labute approximate surface area is 231 Å². The molecule has 2 aliphatic rings. The van der Waals surface area contributed by atoms with Crippen molar-refractivity contribution in [2.24, 2.45) is 5.92 Å². The van der Waals surface area contributed by atoms with Crippen molar-refractivity contribution in [2.45, 2.75) is 13.3 Å². The van der Waals surface area contributed by atoms with Crippen LogP contribution in [0.25, 0.3) is 71.8 Å². The highest BCUT2D eigenvalue weighted by Gasteiger charge is 2.28. The van der Waals surface area contributed by atoms with Gasteiger partial charge < -0.3 is 0 Å². The van der Waals surface area contributed by atoms with Crippen molar-refractivity contribution in [2.75, 3.05) is 0 Å². The third-order valence-electron chi connectivity index (χ3n) is 8.62. The second-order valence-corrected chi connectivity index (χ2v) is 11.1. The van der Waals surface area contributed by atoms with Crippen LogP contribution in [0.15, 0.2) is 115 Å². The minimum atomic E-state index is 0.503. The number of aromatic nitrogens is 3. The van der Waals surface area contributed by atoms with Gasteiger partial charge in [-0.1, -0.05) is 97.9 Å². The number of para-hydroxylation sites is 2. The standard InChI is InChI=1S/C37H25N3/c1-22-17-19-25-26-12-7-11-23-18-20-32-35(33(23)26)34-27(28(25)21-22)13-8-16-31(34)40(32)37-36(24-9-3-2-4-10-24)38-29-14-5-6-15-30(29)39-37/h2-16,18-22H,17H2,1H3. The van der Waals surface area contributed by atoms with Gasteiger partial charge >= 0.3 is 0 Å². The van der Waals surface area contributed by atoms with Gasteiger partial charge in [-0.05, 0) is 69.6 Å². The van der Waals surface area contributed by atoms with Crippen LogP contribution in [0, 0.1) is 5.92 Å². The summed E-state index contributed by atoms with van der Waals surface area (Å²) in [4.78, 5) is 10.5. The first-order chi connectivity index (χ1) is 19.8. The van der Waals surface area contributed by atoms with E-state index < -0.39 is 0 Å². The quantitative estimate of drug-likeness (QED) is 0.231. The SMILES string of the molecule is CC1C=C2C(=CC1)c1cccc3ccc4c(c13)c1c2cccc1n4-c1nc2ccccc2nc1-c1ccccc1. The molecular formula is C37H25N3.